The van der Waals surface area contributed by atoms with Crippen molar-refractivity contribution in [1.29, 1.82) is 0 Å². The van der Waals surface area contributed by atoms with Crippen LogP contribution in [0.2, 0.25) is 0 Å². The average Bonchev–Trinajstić information content (AvgIpc) is 2.82. The topological polar surface area (TPSA) is 119 Å². The first-order valence-corrected chi connectivity index (χ1v) is 11.2. The summed E-state index contributed by atoms with van der Waals surface area (Å²) < 4.78 is 6.50. The van der Waals surface area contributed by atoms with E-state index in [1.54, 1.807) is 48.5 Å². The van der Waals surface area contributed by atoms with Crippen LogP contribution in [0.4, 0.5) is 11.4 Å². The fourth-order valence-corrected chi connectivity index (χ4v) is 3.46. The molecule has 9 heteroatoms. The van der Waals surface area contributed by atoms with Gasteiger partial charge in [0.2, 0.25) is 5.91 Å². The van der Waals surface area contributed by atoms with Crippen LogP contribution in [-0.2, 0) is 20.9 Å². The second-order valence-corrected chi connectivity index (χ2v) is 7.87. The van der Waals surface area contributed by atoms with Crippen molar-refractivity contribution in [3.8, 4) is 0 Å². The highest BCUT2D eigenvalue weighted by Gasteiger charge is 2.19. The molecule has 0 aliphatic carbocycles. The fourth-order valence-electron chi connectivity index (χ4n) is 3.46. The maximum Gasteiger partial charge on any atom is 0.359 e. The molecule has 0 aliphatic heterocycles. The summed E-state index contributed by atoms with van der Waals surface area (Å²) in [6.45, 7) is 3.39. The van der Waals surface area contributed by atoms with Gasteiger partial charge in [-0.1, -0.05) is 44.4 Å². The number of amides is 2. The number of unbranched alkanes of at least 4 members (excludes halogenated alkanes) is 3. The Balaban J connectivity index is 1.68. The Morgan fingerprint density at radius 3 is 2.21 bits per heavy atom. The van der Waals surface area contributed by atoms with Crippen molar-refractivity contribution in [3.63, 3.8) is 0 Å². The van der Waals surface area contributed by atoms with Crippen LogP contribution in [0, 0.1) is 0 Å². The van der Waals surface area contributed by atoms with Crippen molar-refractivity contribution in [2.75, 3.05) is 17.2 Å². The minimum absolute atomic E-state index is 0.00171. The second-order valence-electron chi connectivity index (χ2n) is 7.87. The second kappa shape index (κ2) is 11.7. The molecule has 0 bridgehead atoms. The van der Waals surface area contributed by atoms with Crippen molar-refractivity contribution in [2.45, 2.75) is 46.1 Å². The maximum atomic E-state index is 12.8. The number of carbonyl (C=O) groups excluding carboxylic acids is 3. The third-order valence-electron chi connectivity index (χ3n) is 5.11. The molecule has 0 spiro atoms. The molecular formula is C25H28N4O5. The molecule has 0 fully saturated rings. The van der Waals surface area contributed by atoms with Crippen LogP contribution in [0.15, 0.2) is 53.3 Å². The highest BCUT2D eigenvalue weighted by Crippen LogP contribution is 2.16. The monoisotopic (exact) mass is 464 g/mol. The van der Waals surface area contributed by atoms with Crippen LogP contribution in [0.1, 0.15) is 50.0 Å². The van der Waals surface area contributed by atoms with E-state index in [1.807, 2.05) is 0 Å². The molecule has 0 radical (unpaired) electrons. The molecule has 9 nitrogen and oxygen atoms in total. The number of benzene rings is 2. The lowest BCUT2D eigenvalue weighted by atomic mass is 10.1. The summed E-state index contributed by atoms with van der Waals surface area (Å²) in [5.41, 5.74) is 0.821. The zero-order valence-corrected chi connectivity index (χ0v) is 19.3. The Morgan fingerprint density at radius 1 is 0.912 bits per heavy atom. The molecule has 3 aromatic rings. The fraction of sp³-hybridized carbons (Fsp3) is 0.320. The van der Waals surface area contributed by atoms with Gasteiger partial charge in [0.05, 0.1) is 5.39 Å². The van der Waals surface area contributed by atoms with Crippen LogP contribution in [0.25, 0.3) is 10.8 Å². The average molecular weight is 465 g/mol. The summed E-state index contributed by atoms with van der Waals surface area (Å²) in [5, 5.41) is 10.3. The van der Waals surface area contributed by atoms with Crippen molar-refractivity contribution in [2.24, 2.45) is 0 Å². The van der Waals surface area contributed by atoms with Gasteiger partial charge in [-0.15, -0.1) is 0 Å². The molecule has 34 heavy (non-hydrogen) atoms. The number of fused-ring (bicyclic) bond motifs is 1. The standard InChI is InChI=1S/C25H28N4O5/c1-3-4-5-8-15-29-24(32)21-10-7-6-9-20(21)23(28-29)25(33)34-16-22(31)27-19-13-11-18(12-14-19)26-17(2)30/h6-7,9-14H,3-5,8,15-16H2,1-2H3,(H,26,30)(H,27,31). The zero-order valence-electron chi connectivity index (χ0n) is 19.3. The van der Waals surface area contributed by atoms with Gasteiger partial charge in [-0.3, -0.25) is 14.4 Å². The highest BCUT2D eigenvalue weighted by molar-refractivity contribution is 6.03. The van der Waals surface area contributed by atoms with E-state index < -0.39 is 18.5 Å². The van der Waals surface area contributed by atoms with Crippen LogP contribution < -0.4 is 16.2 Å². The smallest absolute Gasteiger partial charge is 0.359 e. The van der Waals surface area contributed by atoms with Gasteiger partial charge in [0.25, 0.3) is 11.5 Å². The predicted octanol–water partition coefficient (Wildman–Crippen LogP) is 3.73. The number of nitrogens with one attached hydrogen (secondary N) is 2. The number of aromatic nitrogens is 2. The first-order valence-electron chi connectivity index (χ1n) is 11.2. The molecule has 0 aliphatic rings. The number of anilines is 2. The largest absolute Gasteiger partial charge is 0.451 e. The summed E-state index contributed by atoms with van der Waals surface area (Å²) in [7, 11) is 0. The lowest BCUT2D eigenvalue weighted by Crippen LogP contribution is -2.28. The molecule has 2 N–H and O–H groups in total. The van der Waals surface area contributed by atoms with Gasteiger partial charge in [0, 0.05) is 30.2 Å². The number of hydrogen-bond acceptors (Lipinski definition) is 6. The van der Waals surface area contributed by atoms with Crippen molar-refractivity contribution < 1.29 is 19.1 Å². The van der Waals surface area contributed by atoms with Gasteiger partial charge >= 0.3 is 5.97 Å². The van der Waals surface area contributed by atoms with Crippen molar-refractivity contribution in [1.82, 2.24) is 9.78 Å². The van der Waals surface area contributed by atoms with E-state index in [4.69, 9.17) is 4.74 Å². The molecule has 2 amide bonds. The van der Waals surface area contributed by atoms with Crippen LogP contribution in [0.3, 0.4) is 0 Å². The van der Waals surface area contributed by atoms with Gasteiger partial charge in [-0.05, 0) is 36.8 Å². The Labute approximate surface area is 197 Å². The lowest BCUT2D eigenvalue weighted by molar-refractivity contribution is -0.119. The van der Waals surface area contributed by atoms with Gasteiger partial charge in [-0.2, -0.15) is 5.10 Å². The molecule has 0 saturated carbocycles. The summed E-state index contributed by atoms with van der Waals surface area (Å²) in [6, 6.07) is 13.2. The van der Waals surface area contributed by atoms with E-state index in [0.717, 1.165) is 25.7 Å². The van der Waals surface area contributed by atoms with Gasteiger partial charge in [0.15, 0.2) is 12.3 Å². The molecule has 0 atom stereocenters. The van der Waals surface area contributed by atoms with E-state index in [1.165, 1.54) is 11.6 Å². The zero-order chi connectivity index (χ0) is 24.5. The van der Waals surface area contributed by atoms with E-state index in [2.05, 4.69) is 22.7 Å². The van der Waals surface area contributed by atoms with Crippen molar-refractivity contribution in [3.05, 3.63) is 64.6 Å². The molecule has 0 saturated heterocycles. The minimum atomic E-state index is -0.783. The summed E-state index contributed by atoms with van der Waals surface area (Å²) in [4.78, 5) is 48.9. The molecule has 3 rings (SSSR count). The quantitative estimate of drug-likeness (QED) is 0.349. The molecule has 1 aromatic heterocycles. The van der Waals surface area contributed by atoms with E-state index in [0.29, 0.717) is 28.7 Å². The van der Waals surface area contributed by atoms with Crippen LogP contribution >= 0.6 is 0 Å². The van der Waals surface area contributed by atoms with Crippen LogP contribution in [-0.4, -0.2) is 34.2 Å². The Kier molecular flexibility index (Phi) is 8.50. The van der Waals surface area contributed by atoms with E-state index >= 15 is 0 Å². The molecule has 0 unspecified atom stereocenters. The number of aryl methyl sites for hydroxylation is 1. The molecular weight excluding hydrogens is 436 g/mol. The van der Waals surface area contributed by atoms with E-state index in [-0.39, 0.29) is 17.2 Å². The number of nitrogens with zero attached hydrogens (tertiary/aromatic N) is 2. The third kappa shape index (κ3) is 6.50. The Bertz CT molecular complexity index is 1230. The SMILES string of the molecule is CCCCCCn1nc(C(=O)OCC(=O)Nc2ccc(NC(C)=O)cc2)c2ccccc2c1=O. The van der Waals surface area contributed by atoms with Gasteiger partial charge in [0.1, 0.15) is 0 Å². The van der Waals surface area contributed by atoms with Crippen LogP contribution in [0.5, 0.6) is 0 Å². The third-order valence-corrected chi connectivity index (χ3v) is 5.11. The summed E-state index contributed by atoms with van der Waals surface area (Å²) >= 11 is 0. The first-order chi connectivity index (χ1) is 16.4. The van der Waals surface area contributed by atoms with Crippen molar-refractivity contribution >= 4 is 39.9 Å². The number of rotatable bonds is 10. The Morgan fingerprint density at radius 2 is 1.56 bits per heavy atom. The minimum Gasteiger partial charge on any atom is -0.451 e. The highest BCUT2D eigenvalue weighted by atomic mass is 16.5. The number of ether oxygens (including phenoxy) is 1. The molecule has 178 valence electrons. The number of carbonyl (C=O) groups is 3. The lowest BCUT2D eigenvalue weighted by Gasteiger charge is -2.11. The predicted molar refractivity (Wildman–Crippen MR) is 130 cm³/mol. The summed E-state index contributed by atoms with van der Waals surface area (Å²) in [6.07, 6.45) is 3.86. The molecule has 1 heterocycles. The molecule has 2 aromatic carbocycles. The van der Waals surface area contributed by atoms with Gasteiger partial charge < -0.3 is 15.4 Å². The normalized spacial score (nSPS) is 10.6. The summed E-state index contributed by atoms with van der Waals surface area (Å²) in [5.74, 6) is -1.51. The number of hydrogen-bond donors (Lipinski definition) is 2. The number of esters is 1. The first kappa shape index (κ1) is 24.6. The van der Waals surface area contributed by atoms with Gasteiger partial charge in [-0.25, -0.2) is 9.48 Å². The Hall–Kier alpha value is -4.01. The maximum absolute atomic E-state index is 12.8. The van der Waals surface area contributed by atoms with E-state index in [9.17, 15) is 19.2 Å².